The fourth-order valence-electron chi connectivity index (χ4n) is 3.25. The molecule has 8 heteroatoms. The SMILES string of the molecule is Cc1ccc(C(N)=O)cc1Nc1nc(-c2ccccc2Cl)c(C(=O)NCc2ccccc2)s1. The van der Waals surface area contributed by atoms with E-state index in [1.807, 2.05) is 55.5 Å². The average Bonchev–Trinajstić information content (AvgIpc) is 3.23. The van der Waals surface area contributed by atoms with Crippen molar-refractivity contribution in [1.82, 2.24) is 10.3 Å². The van der Waals surface area contributed by atoms with Crippen LogP contribution < -0.4 is 16.4 Å². The van der Waals surface area contributed by atoms with Crippen LogP contribution >= 0.6 is 22.9 Å². The van der Waals surface area contributed by atoms with Gasteiger partial charge >= 0.3 is 0 Å². The number of nitrogens with two attached hydrogens (primary N) is 1. The first-order valence-corrected chi connectivity index (χ1v) is 11.4. The highest BCUT2D eigenvalue weighted by Crippen LogP contribution is 2.36. The number of benzene rings is 3. The Morgan fingerprint density at radius 2 is 1.76 bits per heavy atom. The third-order valence-electron chi connectivity index (χ3n) is 5.02. The summed E-state index contributed by atoms with van der Waals surface area (Å²) in [5.41, 5.74) is 9.54. The number of primary amides is 1. The van der Waals surface area contributed by atoms with E-state index in [4.69, 9.17) is 17.3 Å². The molecule has 166 valence electrons. The molecule has 4 aromatic rings. The molecule has 0 atom stereocenters. The normalized spacial score (nSPS) is 10.6. The van der Waals surface area contributed by atoms with Crippen molar-refractivity contribution < 1.29 is 9.59 Å². The summed E-state index contributed by atoms with van der Waals surface area (Å²) in [6, 6.07) is 22.1. The van der Waals surface area contributed by atoms with Crippen molar-refractivity contribution in [3.63, 3.8) is 0 Å². The number of nitrogens with one attached hydrogen (secondary N) is 2. The zero-order valence-corrected chi connectivity index (χ0v) is 19.3. The van der Waals surface area contributed by atoms with Gasteiger partial charge in [-0.3, -0.25) is 9.59 Å². The molecule has 0 bridgehead atoms. The van der Waals surface area contributed by atoms with Gasteiger partial charge < -0.3 is 16.4 Å². The average molecular weight is 477 g/mol. The van der Waals surface area contributed by atoms with Gasteiger partial charge in [0.1, 0.15) is 4.88 Å². The van der Waals surface area contributed by atoms with E-state index in [9.17, 15) is 9.59 Å². The molecule has 0 spiro atoms. The molecule has 0 aliphatic heterocycles. The van der Waals surface area contributed by atoms with Crippen molar-refractivity contribution >= 4 is 45.6 Å². The summed E-state index contributed by atoms with van der Waals surface area (Å²) >= 11 is 7.63. The summed E-state index contributed by atoms with van der Waals surface area (Å²) in [4.78, 5) is 29.8. The Bertz CT molecular complexity index is 1320. The highest BCUT2D eigenvalue weighted by Gasteiger charge is 2.21. The molecular formula is C25H21ClN4O2S. The van der Waals surface area contributed by atoms with Crippen LogP contribution in [0.2, 0.25) is 5.02 Å². The molecule has 2 amide bonds. The number of aryl methyl sites for hydroxylation is 1. The molecule has 0 aliphatic carbocycles. The number of amides is 2. The summed E-state index contributed by atoms with van der Waals surface area (Å²) < 4.78 is 0. The Balaban J connectivity index is 1.68. The lowest BCUT2D eigenvalue weighted by atomic mass is 10.1. The first-order valence-electron chi connectivity index (χ1n) is 10.2. The van der Waals surface area contributed by atoms with Gasteiger partial charge in [-0.2, -0.15) is 0 Å². The molecule has 3 aromatic carbocycles. The van der Waals surface area contributed by atoms with E-state index < -0.39 is 5.91 Å². The van der Waals surface area contributed by atoms with Gasteiger partial charge in [-0.25, -0.2) is 4.98 Å². The molecule has 0 radical (unpaired) electrons. The van der Waals surface area contributed by atoms with E-state index in [2.05, 4.69) is 15.6 Å². The summed E-state index contributed by atoms with van der Waals surface area (Å²) in [6.07, 6.45) is 0. The Kier molecular flexibility index (Phi) is 6.72. The molecule has 0 unspecified atom stereocenters. The number of hydrogen-bond acceptors (Lipinski definition) is 5. The monoisotopic (exact) mass is 476 g/mol. The summed E-state index contributed by atoms with van der Waals surface area (Å²) in [7, 11) is 0. The molecule has 0 saturated carbocycles. The Hall–Kier alpha value is -3.68. The number of hydrogen-bond donors (Lipinski definition) is 3. The molecule has 0 saturated heterocycles. The van der Waals surface area contributed by atoms with Crippen LogP contribution in [0.5, 0.6) is 0 Å². The number of anilines is 2. The van der Waals surface area contributed by atoms with E-state index in [0.29, 0.717) is 44.1 Å². The minimum atomic E-state index is -0.519. The second-order valence-electron chi connectivity index (χ2n) is 7.36. The second-order valence-corrected chi connectivity index (χ2v) is 8.77. The van der Waals surface area contributed by atoms with Gasteiger partial charge in [0, 0.05) is 23.4 Å². The van der Waals surface area contributed by atoms with Gasteiger partial charge in [0.15, 0.2) is 5.13 Å². The van der Waals surface area contributed by atoms with Crippen LogP contribution in [0.1, 0.15) is 31.2 Å². The highest BCUT2D eigenvalue weighted by atomic mass is 35.5. The first-order chi connectivity index (χ1) is 15.9. The summed E-state index contributed by atoms with van der Waals surface area (Å²) in [5, 5.41) is 7.18. The highest BCUT2D eigenvalue weighted by molar-refractivity contribution is 7.18. The molecule has 4 rings (SSSR count). The lowest BCUT2D eigenvalue weighted by molar-refractivity contribution is 0.0954. The zero-order valence-electron chi connectivity index (χ0n) is 17.8. The Labute approximate surface area is 200 Å². The van der Waals surface area contributed by atoms with Gasteiger partial charge in [-0.05, 0) is 36.2 Å². The van der Waals surface area contributed by atoms with Crippen LogP contribution in [0.3, 0.4) is 0 Å². The number of halogens is 1. The predicted molar refractivity (Wildman–Crippen MR) is 133 cm³/mol. The molecule has 4 N–H and O–H groups in total. The van der Waals surface area contributed by atoms with Gasteiger partial charge in [0.2, 0.25) is 5.91 Å². The van der Waals surface area contributed by atoms with Crippen molar-refractivity contribution in [3.05, 3.63) is 99.4 Å². The Morgan fingerprint density at radius 3 is 2.48 bits per heavy atom. The molecule has 6 nitrogen and oxygen atoms in total. The lowest BCUT2D eigenvalue weighted by Crippen LogP contribution is -2.22. The maximum atomic E-state index is 13.1. The lowest BCUT2D eigenvalue weighted by Gasteiger charge is -2.08. The van der Waals surface area contributed by atoms with E-state index in [1.165, 1.54) is 11.3 Å². The van der Waals surface area contributed by atoms with Gasteiger partial charge in [0.05, 0.1) is 10.7 Å². The smallest absolute Gasteiger partial charge is 0.264 e. The van der Waals surface area contributed by atoms with Gasteiger partial charge in [-0.15, -0.1) is 0 Å². The van der Waals surface area contributed by atoms with Crippen molar-refractivity contribution in [2.75, 3.05) is 5.32 Å². The van der Waals surface area contributed by atoms with E-state index in [-0.39, 0.29) is 5.91 Å². The van der Waals surface area contributed by atoms with Crippen molar-refractivity contribution in [2.45, 2.75) is 13.5 Å². The molecule has 1 heterocycles. The zero-order chi connectivity index (χ0) is 23.4. The number of thiazole rings is 1. The number of nitrogens with zero attached hydrogens (tertiary/aromatic N) is 1. The van der Waals surface area contributed by atoms with Crippen LogP contribution in [-0.4, -0.2) is 16.8 Å². The molecule has 33 heavy (non-hydrogen) atoms. The molecular weight excluding hydrogens is 456 g/mol. The van der Waals surface area contributed by atoms with Crippen LogP contribution in [0.25, 0.3) is 11.3 Å². The minimum absolute atomic E-state index is 0.248. The van der Waals surface area contributed by atoms with Crippen LogP contribution in [0.15, 0.2) is 72.8 Å². The largest absolute Gasteiger partial charge is 0.366 e. The van der Waals surface area contributed by atoms with E-state index in [0.717, 1.165) is 11.1 Å². The Morgan fingerprint density at radius 1 is 1.03 bits per heavy atom. The topological polar surface area (TPSA) is 97.1 Å². The van der Waals surface area contributed by atoms with Crippen LogP contribution in [0.4, 0.5) is 10.8 Å². The van der Waals surface area contributed by atoms with Crippen LogP contribution in [0, 0.1) is 6.92 Å². The summed E-state index contributed by atoms with van der Waals surface area (Å²) in [5.74, 6) is -0.767. The third-order valence-corrected chi connectivity index (χ3v) is 6.32. The molecule has 0 aliphatic rings. The second kappa shape index (κ2) is 9.85. The van der Waals surface area contributed by atoms with Crippen molar-refractivity contribution in [2.24, 2.45) is 5.73 Å². The number of carbonyl (C=O) groups is 2. The molecule has 1 aromatic heterocycles. The van der Waals surface area contributed by atoms with E-state index in [1.54, 1.807) is 24.3 Å². The first kappa shape index (κ1) is 22.5. The maximum Gasteiger partial charge on any atom is 0.264 e. The predicted octanol–water partition coefficient (Wildman–Crippen LogP) is 5.54. The van der Waals surface area contributed by atoms with Crippen molar-refractivity contribution in [3.8, 4) is 11.3 Å². The third kappa shape index (κ3) is 5.22. The van der Waals surface area contributed by atoms with Gasteiger partial charge in [0.25, 0.3) is 5.91 Å². The quantitative estimate of drug-likeness (QED) is 0.326. The van der Waals surface area contributed by atoms with E-state index >= 15 is 0 Å². The summed E-state index contributed by atoms with van der Waals surface area (Å²) in [6.45, 7) is 2.30. The van der Waals surface area contributed by atoms with Crippen molar-refractivity contribution in [1.29, 1.82) is 0 Å². The van der Waals surface area contributed by atoms with Gasteiger partial charge in [-0.1, -0.05) is 77.5 Å². The standard InChI is InChI=1S/C25H21ClN4O2S/c1-15-11-12-17(23(27)31)13-20(15)29-25-30-21(18-9-5-6-10-19(18)26)22(33-25)24(32)28-14-16-7-3-2-4-8-16/h2-13H,14H2,1H3,(H2,27,31)(H,28,32)(H,29,30). The number of aromatic nitrogens is 1. The molecule has 0 fully saturated rings. The fourth-order valence-corrected chi connectivity index (χ4v) is 4.38. The van der Waals surface area contributed by atoms with Crippen LogP contribution in [-0.2, 0) is 6.54 Å². The number of rotatable bonds is 7. The maximum absolute atomic E-state index is 13.1. The number of carbonyl (C=O) groups excluding carboxylic acids is 2. The fraction of sp³-hybridized carbons (Fsp3) is 0.0800. The minimum Gasteiger partial charge on any atom is -0.366 e.